The van der Waals surface area contributed by atoms with Crippen LogP contribution in [0.25, 0.3) is 17.4 Å². The number of hydrogen-bond donors (Lipinski definition) is 1. The maximum atomic E-state index is 13.1. The number of hydrogen-bond acceptors (Lipinski definition) is 3. The maximum absolute atomic E-state index is 13.1. The van der Waals surface area contributed by atoms with Crippen molar-refractivity contribution < 1.29 is 27.2 Å². The van der Waals surface area contributed by atoms with Gasteiger partial charge in [-0.2, -0.15) is 13.2 Å². The van der Waals surface area contributed by atoms with Crippen LogP contribution in [0.5, 0.6) is 0 Å². The molecular weight excluding hydrogens is 493 g/mol. The monoisotopic (exact) mass is 516 g/mol. The highest BCUT2D eigenvalue weighted by Crippen LogP contribution is 2.33. The fourth-order valence-corrected chi connectivity index (χ4v) is 4.33. The molecule has 4 aromatic rings. The van der Waals surface area contributed by atoms with Gasteiger partial charge in [0, 0.05) is 48.0 Å². The van der Waals surface area contributed by atoms with E-state index in [4.69, 9.17) is 4.42 Å². The molecule has 0 fully saturated rings. The Balaban J connectivity index is 1.28. The van der Waals surface area contributed by atoms with E-state index >= 15 is 0 Å². The van der Waals surface area contributed by atoms with E-state index in [1.54, 1.807) is 24.3 Å². The van der Waals surface area contributed by atoms with Crippen molar-refractivity contribution in [3.63, 3.8) is 0 Å². The summed E-state index contributed by atoms with van der Waals surface area (Å²) in [6.07, 6.45) is -0.881. The summed E-state index contributed by atoms with van der Waals surface area (Å²) in [7, 11) is 0. The number of rotatable bonds is 5. The van der Waals surface area contributed by atoms with Gasteiger partial charge in [-0.15, -0.1) is 0 Å². The van der Waals surface area contributed by atoms with Gasteiger partial charge in [0.15, 0.2) is 0 Å². The van der Waals surface area contributed by atoms with E-state index in [1.807, 2.05) is 42.5 Å². The van der Waals surface area contributed by atoms with Crippen molar-refractivity contribution >= 4 is 23.6 Å². The van der Waals surface area contributed by atoms with E-state index in [2.05, 4.69) is 5.32 Å². The fraction of sp³-hybridized carbons (Fsp3) is 0.133. The third kappa shape index (κ3) is 5.70. The van der Waals surface area contributed by atoms with Crippen molar-refractivity contribution in [3.8, 4) is 11.3 Å². The second-order valence-electron chi connectivity index (χ2n) is 8.93. The minimum absolute atomic E-state index is 0.00301. The van der Waals surface area contributed by atoms with Gasteiger partial charge in [-0.25, -0.2) is 0 Å². The van der Waals surface area contributed by atoms with Gasteiger partial charge in [0.2, 0.25) is 5.91 Å². The molecule has 0 radical (unpaired) electrons. The smallest absolute Gasteiger partial charge is 0.416 e. The summed E-state index contributed by atoms with van der Waals surface area (Å²) in [6, 6.07) is 23.0. The minimum atomic E-state index is -4.52. The lowest BCUT2D eigenvalue weighted by Crippen LogP contribution is -2.35. The Kier molecular flexibility index (Phi) is 6.87. The topological polar surface area (TPSA) is 62.6 Å². The van der Waals surface area contributed by atoms with Crippen molar-refractivity contribution in [2.45, 2.75) is 19.1 Å². The van der Waals surface area contributed by atoms with Crippen LogP contribution in [0.4, 0.5) is 18.9 Å². The number of nitrogens with one attached hydrogen (secondary N) is 1. The van der Waals surface area contributed by atoms with E-state index in [0.29, 0.717) is 24.4 Å². The molecule has 2 heterocycles. The number of fused-ring (bicyclic) bond motifs is 1. The number of nitrogens with zero attached hydrogens (tertiary/aromatic N) is 1. The summed E-state index contributed by atoms with van der Waals surface area (Å²) in [5.41, 5.74) is 2.21. The van der Waals surface area contributed by atoms with Gasteiger partial charge in [-0.3, -0.25) is 9.59 Å². The fourth-order valence-electron chi connectivity index (χ4n) is 4.33. The molecule has 5 nitrogen and oxygen atoms in total. The molecule has 3 aromatic carbocycles. The molecule has 0 spiro atoms. The van der Waals surface area contributed by atoms with Crippen LogP contribution in [0.2, 0.25) is 0 Å². The molecule has 1 aliphatic heterocycles. The van der Waals surface area contributed by atoms with Gasteiger partial charge in [-0.1, -0.05) is 48.5 Å². The first-order chi connectivity index (χ1) is 18.3. The van der Waals surface area contributed by atoms with Gasteiger partial charge in [0.05, 0.1) is 5.56 Å². The molecule has 1 N–H and O–H groups in total. The number of benzene rings is 3. The van der Waals surface area contributed by atoms with Gasteiger partial charge in [-0.05, 0) is 48.0 Å². The third-order valence-electron chi connectivity index (χ3n) is 6.23. The second-order valence-corrected chi connectivity index (χ2v) is 8.93. The summed E-state index contributed by atoms with van der Waals surface area (Å²) >= 11 is 0. The van der Waals surface area contributed by atoms with E-state index in [-0.39, 0.29) is 18.0 Å². The highest BCUT2D eigenvalue weighted by molar-refractivity contribution is 6.02. The normalized spacial score (nSPS) is 13.4. The minimum Gasteiger partial charge on any atom is -0.461 e. The predicted octanol–water partition coefficient (Wildman–Crippen LogP) is 6.82. The lowest BCUT2D eigenvalue weighted by Gasteiger charge is -2.26. The van der Waals surface area contributed by atoms with Crippen molar-refractivity contribution in [1.82, 2.24) is 4.90 Å². The number of furan rings is 1. The van der Waals surface area contributed by atoms with Crippen molar-refractivity contribution in [1.29, 1.82) is 0 Å². The van der Waals surface area contributed by atoms with E-state index in [9.17, 15) is 22.8 Å². The molecule has 0 unspecified atom stereocenters. The van der Waals surface area contributed by atoms with Crippen molar-refractivity contribution in [2.75, 3.05) is 11.9 Å². The molecule has 5 rings (SSSR count). The summed E-state index contributed by atoms with van der Waals surface area (Å²) in [5, 5.41) is 2.84. The Bertz CT molecular complexity index is 1510. The molecule has 1 aliphatic rings. The molecule has 2 amide bonds. The Labute approximate surface area is 217 Å². The summed E-state index contributed by atoms with van der Waals surface area (Å²) < 4.78 is 45.3. The van der Waals surface area contributed by atoms with Crippen LogP contribution >= 0.6 is 0 Å². The average molecular weight is 517 g/mol. The number of alkyl halides is 3. The van der Waals surface area contributed by atoms with Gasteiger partial charge >= 0.3 is 6.18 Å². The largest absolute Gasteiger partial charge is 0.461 e. The number of amides is 2. The zero-order chi connectivity index (χ0) is 26.7. The number of carbonyl (C=O) groups excluding carboxylic acids is 2. The van der Waals surface area contributed by atoms with Gasteiger partial charge < -0.3 is 14.6 Å². The standard InChI is InChI=1S/C30H23F3N2O3/c31-30(32,33)24-10-4-9-22(16-24)29(37)35-15-14-26-23(19-35)18-27(38-26)21-8-5-11-25(17-21)34-28(36)13-12-20-6-2-1-3-7-20/h1-13,16-18H,14-15,19H2,(H,34,36). The SMILES string of the molecule is O=C(C=Cc1ccccc1)Nc1cccc(-c2cc3c(o2)CCN(C(=O)c2cccc(C(F)(F)F)c2)C3)c1. The van der Waals surface area contributed by atoms with Crippen LogP contribution in [0.15, 0.2) is 95.4 Å². The van der Waals surface area contributed by atoms with Crippen LogP contribution in [0.1, 0.15) is 32.8 Å². The van der Waals surface area contributed by atoms with Crippen LogP contribution in [-0.4, -0.2) is 23.3 Å². The lowest BCUT2D eigenvalue weighted by molar-refractivity contribution is -0.137. The molecule has 38 heavy (non-hydrogen) atoms. The van der Waals surface area contributed by atoms with E-state index < -0.39 is 17.6 Å². The van der Waals surface area contributed by atoms with Crippen molar-refractivity contribution in [2.24, 2.45) is 0 Å². The second kappa shape index (κ2) is 10.4. The molecule has 0 bridgehead atoms. The number of halogens is 3. The summed E-state index contributed by atoms with van der Waals surface area (Å²) in [5.74, 6) is 0.582. The molecular formula is C30H23F3N2O3. The van der Waals surface area contributed by atoms with Crippen LogP contribution in [0.3, 0.4) is 0 Å². The Morgan fingerprint density at radius 2 is 1.71 bits per heavy atom. The summed E-state index contributed by atoms with van der Waals surface area (Å²) in [6.45, 7) is 0.563. The van der Waals surface area contributed by atoms with Crippen LogP contribution < -0.4 is 5.32 Å². The maximum Gasteiger partial charge on any atom is 0.416 e. The quantitative estimate of drug-likeness (QED) is 0.296. The molecule has 0 aliphatic carbocycles. The Hall–Kier alpha value is -4.59. The van der Waals surface area contributed by atoms with Gasteiger partial charge in [0.25, 0.3) is 5.91 Å². The highest BCUT2D eigenvalue weighted by atomic mass is 19.4. The van der Waals surface area contributed by atoms with Gasteiger partial charge in [0.1, 0.15) is 11.5 Å². The van der Waals surface area contributed by atoms with Crippen LogP contribution in [-0.2, 0) is 23.9 Å². The predicted molar refractivity (Wildman–Crippen MR) is 138 cm³/mol. The molecule has 0 saturated carbocycles. The number of carbonyl (C=O) groups is 2. The zero-order valence-electron chi connectivity index (χ0n) is 20.2. The van der Waals surface area contributed by atoms with E-state index in [0.717, 1.165) is 34.6 Å². The Morgan fingerprint density at radius 3 is 2.50 bits per heavy atom. The number of anilines is 1. The summed E-state index contributed by atoms with van der Waals surface area (Å²) in [4.78, 5) is 26.8. The molecule has 192 valence electrons. The first-order valence-electron chi connectivity index (χ1n) is 12.0. The third-order valence-corrected chi connectivity index (χ3v) is 6.23. The zero-order valence-corrected chi connectivity index (χ0v) is 20.2. The molecule has 0 saturated heterocycles. The Morgan fingerprint density at radius 1 is 0.921 bits per heavy atom. The first-order valence-corrected chi connectivity index (χ1v) is 12.0. The van der Waals surface area contributed by atoms with E-state index in [1.165, 1.54) is 23.1 Å². The molecule has 1 aromatic heterocycles. The van der Waals surface area contributed by atoms with Crippen LogP contribution in [0, 0.1) is 0 Å². The lowest BCUT2D eigenvalue weighted by atomic mass is 10.0. The van der Waals surface area contributed by atoms with Crippen molar-refractivity contribution in [3.05, 3.63) is 119 Å². The highest BCUT2D eigenvalue weighted by Gasteiger charge is 2.32. The first kappa shape index (κ1) is 25.1. The molecule has 8 heteroatoms. The molecule has 0 atom stereocenters. The average Bonchev–Trinajstić information content (AvgIpc) is 3.35.